The third kappa shape index (κ3) is 5.74. The number of aromatic nitrogens is 3. The molecule has 13 heteroatoms. The van der Waals surface area contributed by atoms with Crippen LogP contribution in [0, 0.1) is 0 Å². The number of nitrogens with zero attached hydrogens (tertiary/aromatic N) is 4. The maximum Gasteiger partial charge on any atom is 0.350 e. The van der Waals surface area contributed by atoms with Crippen molar-refractivity contribution in [3.8, 4) is 0 Å². The second-order valence-corrected chi connectivity index (χ2v) is 9.59. The lowest BCUT2D eigenvalue weighted by Crippen LogP contribution is -2.39. The zero-order valence-corrected chi connectivity index (χ0v) is 19.0. The minimum absolute atomic E-state index is 0.0160. The van der Waals surface area contributed by atoms with Gasteiger partial charge < -0.3 is 38.9 Å². The molecular formula is C18H28ClN4O7P. The minimum atomic E-state index is -4.36. The van der Waals surface area contributed by atoms with E-state index in [-0.39, 0.29) is 11.9 Å². The van der Waals surface area contributed by atoms with Gasteiger partial charge in [0, 0.05) is 26.4 Å². The summed E-state index contributed by atoms with van der Waals surface area (Å²) in [4.78, 5) is 28.5. The van der Waals surface area contributed by atoms with Crippen molar-refractivity contribution in [3.05, 3.63) is 17.5 Å². The first-order valence-electron chi connectivity index (χ1n) is 9.90. The number of methoxy groups -OCH3 is 1. The van der Waals surface area contributed by atoms with E-state index in [0.29, 0.717) is 22.9 Å². The van der Waals surface area contributed by atoms with Crippen LogP contribution in [0.3, 0.4) is 0 Å². The van der Waals surface area contributed by atoms with Crippen molar-refractivity contribution < 1.29 is 34.0 Å². The Bertz CT molecular complexity index is 933. The van der Waals surface area contributed by atoms with Gasteiger partial charge in [-0.2, -0.15) is 9.97 Å². The summed E-state index contributed by atoms with van der Waals surface area (Å²) in [5, 5.41) is 22.1. The molecule has 174 valence electrons. The first-order chi connectivity index (χ1) is 14.6. The van der Waals surface area contributed by atoms with Crippen molar-refractivity contribution in [3.63, 3.8) is 0 Å². The summed E-state index contributed by atoms with van der Waals surface area (Å²) in [6.45, 7) is -0.329. The summed E-state index contributed by atoms with van der Waals surface area (Å²) in [7, 11) is -1.11. The molecule has 2 aromatic heterocycles. The van der Waals surface area contributed by atoms with Gasteiger partial charge in [0.25, 0.3) is 0 Å². The molecule has 0 spiro atoms. The molecule has 0 aliphatic heterocycles. The van der Waals surface area contributed by atoms with Crippen LogP contribution in [0.25, 0.3) is 11.0 Å². The lowest BCUT2D eigenvalue weighted by Gasteiger charge is -2.27. The molecule has 2 heterocycles. The van der Waals surface area contributed by atoms with Gasteiger partial charge in [0.15, 0.2) is 6.23 Å². The highest BCUT2D eigenvalue weighted by molar-refractivity contribution is 7.51. The van der Waals surface area contributed by atoms with Gasteiger partial charge in [0.2, 0.25) is 5.28 Å². The van der Waals surface area contributed by atoms with Crippen molar-refractivity contribution in [1.29, 1.82) is 0 Å². The molecule has 0 aromatic carbocycles. The molecule has 3 rings (SSSR count). The molecule has 1 aliphatic rings. The lowest BCUT2D eigenvalue weighted by atomic mass is 10.2. The number of aliphatic hydroxyl groups excluding tert-OH is 2. The van der Waals surface area contributed by atoms with Gasteiger partial charge in [-0.1, -0.05) is 12.8 Å². The van der Waals surface area contributed by atoms with E-state index >= 15 is 0 Å². The SMILES string of the molecule is CO[C@H](COCP(=O)(O)O)[C@@H](O)[C@@H](O)n1ccc2c(N(C)C3CCCC3)nc(Cl)nc21. The first kappa shape index (κ1) is 24.3. The normalized spacial score (nSPS) is 18.4. The van der Waals surface area contributed by atoms with E-state index in [1.807, 2.05) is 7.05 Å². The molecule has 0 amide bonds. The van der Waals surface area contributed by atoms with E-state index in [2.05, 4.69) is 14.9 Å². The Kier molecular flexibility index (Phi) is 7.93. The zero-order valence-electron chi connectivity index (χ0n) is 17.3. The maximum atomic E-state index is 10.9. The fraction of sp³-hybridized carbons (Fsp3) is 0.667. The van der Waals surface area contributed by atoms with Gasteiger partial charge in [-0.3, -0.25) is 4.57 Å². The molecule has 0 saturated heterocycles. The van der Waals surface area contributed by atoms with Gasteiger partial charge in [0.1, 0.15) is 30.0 Å². The second kappa shape index (κ2) is 10.1. The predicted octanol–water partition coefficient (Wildman–Crippen LogP) is 1.48. The Labute approximate surface area is 184 Å². The van der Waals surface area contributed by atoms with Crippen LogP contribution >= 0.6 is 19.2 Å². The van der Waals surface area contributed by atoms with Crippen molar-refractivity contribution in [1.82, 2.24) is 14.5 Å². The predicted molar refractivity (Wildman–Crippen MR) is 114 cm³/mol. The largest absolute Gasteiger partial charge is 0.386 e. The maximum absolute atomic E-state index is 10.9. The highest BCUT2D eigenvalue weighted by Gasteiger charge is 2.31. The Morgan fingerprint density at radius 2 is 2.00 bits per heavy atom. The smallest absolute Gasteiger partial charge is 0.350 e. The number of anilines is 1. The third-order valence-electron chi connectivity index (χ3n) is 5.55. The fourth-order valence-electron chi connectivity index (χ4n) is 3.89. The van der Waals surface area contributed by atoms with Crippen molar-refractivity contribution in [2.45, 2.75) is 50.2 Å². The number of halogens is 1. The van der Waals surface area contributed by atoms with E-state index in [4.69, 9.17) is 30.9 Å². The summed E-state index contributed by atoms with van der Waals surface area (Å²) in [5.41, 5.74) is 0.345. The molecule has 1 aliphatic carbocycles. The van der Waals surface area contributed by atoms with E-state index in [0.717, 1.165) is 25.7 Å². The monoisotopic (exact) mass is 478 g/mol. The van der Waals surface area contributed by atoms with Crippen LogP contribution in [0.15, 0.2) is 12.3 Å². The average Bonchev–Trinajstić information content (AvgIpc) is 3.38. The van der Waals surface area contributed by atoms with Gasteiger partial charge in [0.05, 0.1) is 12.0 Å². The number of ether oxygens (including phenoxy) is 2. The molecule has 4 N–H and O–H groups in total. The summed E-state index contributed by atoms with van der Waals surface area (Å²) >= 11 is 6.16. The molecule has 1 saturated carbocycles. The van der Waals surface area contributed by atoms with Crippen LogP contribution in [-0.4, -0.2) is 79.9 Å². The van der Waals surface area contributed by atoms with Crippen molar-refractivity contribution in [2.24, 2.45) is 0 Å². The molecule has 1 fully saturated rings. The molecule has 11 nitrogen and oxygen atoms in total. The highest BCUT2D eigenvalue weighted by Crippen LogP contribution is 2.35. The van der Waals surface area contributed by atoms with Crippen LogP contribution in [0.1, 0.15) is 31.9 Å². The Morgan fingerprint density at radius 1 is 1.32 bits per heavy atom. The minimum Gasteiger partial charge on any atom is -0.386 e. The van der Waals surface area contributed by atoms with Crippen LogP contribution in [0.5, 0.6) is 0 Å². The Hall–Kier alpha value is -1.30. The number of hydrogen-bond donors (Lipinski definition) is 4. The lowest BCUT2D eigenvalue weighted by molar-refractivity contribution is -0.121. The van der Waals surface area contributed by atoms with Crippen LogP contribution < -0.4 is 4.90 Å². The van der Waals surface area contributed by atoms with E-state index in [9.17, 15) is 14.8 Å². The summed E-state index contributed by atoms with van der Waals surface area (Å²) in [6, 6.07) is 2.09. The van der Waals surface area contributed by atoms with E-state index in [1.54, 1.807) is 12.3 Å². The number of rotatable bonds is 10. The fourth-order valence-corrected chi connectivity index (χ4v) is 4.39. The van der Waals surface area contributed by atoms with Gasteiger partial charge in [-0.15, -0.1) is 0 Å². The number of hydrogen-bond acceptors (Lipinski definition) is 8. The Balaban J connectivity index is 1.83. The van der Waals surface area contributed by atoms with Gasteiger partial charge in [-0.05, 0) is 30.5 Å². The zero-order chi connectivity index (χ0) is 22.8. The van der Waals surface area contributed by atoms with Crippen LogP contribution in [0.4, 0.5) is 5.82 Å². The van der Waals surface area contributed by atoms with Crippen molar-refractivity contribution in [2.75, 3.05) is 32.0 Å². The molecule has 2 aromatic rings. The van der Waals surface area contributed by atoms with Crippen molar-refractivity contribution >= 4 is 36.0 Å². The molecular weight excluding hydrogens is 451 g/mol. The Morgan fingerprint density at radius 3 is 2.61 bits per heavy atom. The summed E-state index contributed by atoms with van der Waals surface area (Å²) in [5.74, 6) is 0.649. The van der Waals surface area contributed by atoms with Gasteiger partial charge in [-0.25, -0.2) is 0 Å². The standard InChI is InChI=1S/C18H28ClN4O7P/c1-22(11-5-3-4-6-11)15-12-7-8-23(16(12)21-18(19)20-15)17(25)14(24)13(29-2)9-30-10-31(26,27)28/h7-8,11,13-14,17,24-25H,3-6,9-10H2,1-2H3,(H2,26,27,28)/t13-,14-,17-/m1/s1. The number of fused-ring (bicyclic) bond motifs is 1. The molecule has 3 atom stereocenters. The molecule has 31 heavy (non-hydrogen) atoms. The van der Waals surface area contributed by atoms with Crippen LogP contribution in [-0.2, 0) is 14.0 Å². The van der Waals surface area contributed by atoms with Crippen LogP contribution in [0.2, 0.25) is 5.28 Å². The average molecular weight is 479 g/mol. The highest BCUT2D eigenvalue weighted by atomic mass is 35.5. The van der Waals surface area contributed by atoms with E-state index in [1.165, 1.54) is 11.7 Å². The topological polar surface area (TPSA) is 150 Å². The molecule has 0 radical (unpaired) electrons. The molecule has 0 bridgehead atoms. The third-order valence-corrected chi connectivity index (χ3v) is 6.23. The summed E-state index contributed by atoms with van der Waals surface area (Å²) in [6.07, 6.45) is 1.20. The first-order valence-corrected chi connectivity index (χ1v) is 12.1. The summed E-state index contributed by atoms with van der Waals surface area (Å²) < 4.78 is 22.4. The second-order valence-electron chi connectivity index (χ2n) is 7.67. The quantitative estimate of drug-likeness (QED) is 0.292. The van der Waals surface area contributed by atoms with E-state index < -0.39 is 32.4 Å². The molecule has 0 unspecified atom stereocenters. The van der Waals surface area contributed by atoms with Gasteiger partial charge >= 0.3 is 7.60 Å². The number of aliphatic hydroxyl groups is 2.